The van der Waals surface area contributed by atoms with Crippen molar-refractivity contribution in [3.05, 3.63) is 46.3 Å². The lowest BCUT2D eigenvalue weighted by molar-refractivity contribution is -0.131. The Balaban J connectivity index is 1.46. The highest BCUT2D eigenvalue weighted by Gasteiger charge is 2.28. The summed E-state index contributed by atoms with van der Waals surface area (Å²) in [7, 11) is 0. The van der Waals surface area contributed by atoms with Gasteiger partial charge >= 0.3 is 0 Å². The lowest BCUT2D eigenvalue weighted by Gasteiger charge is -2.32. The molecule has 0 radical (unpaired) electrons. The van der Waals surface area contributed by atoms with E-state index < -0.39 is 0 Å². The molecule has 1 atom stereocenters. The van der Waals surface area contributed by atoms with Crippen LogP contribution in [-0.2, 0) is 11.2 Å². The molecule has 0 aliphatic carbocycles. The van der Waals surface area contributed by atoms with Crippen molar-refractivity contribution in [2.24, 2.45) is 0 Å². The molecule has 3 aromatic rings. The molecule has 1 fully saturated rings. The highest BCUT2D eigenvalue weighted by Crippen LogP contribution is 2.27. The number of pyridine rings is 1. The van der Waals surface area contributed by atoms with Crippen molar-refractivity contribution in [2.45, 2.75) is 44.9 Å². The minimum atomic E-state index is 0.157. The number of nitrogens with zero attached hydrogens (tertiary/aromatic N) is 5. The van der Waals surface area contributed by atoms with Gasteiger partial charge in [0.2, 0.25) is 5.91 Å². The van der Waals surface area contributed by atoms with Gasteiger partial charge in [0.05, 0.1) is 17.1 Å². The molecule has 0 saturated carbocycles. The maximum absolute atomic E-state index is 12.8. The Hall–Kier alpha value is -2.28. The Morgan fingerprint density at radius 2 is 2.23 bits per heavy atom. The van der Waals surface area contributed by atoms with E-state index >= 15 is 0 Å². The van der Waals surface area contributed by atoms with Crippen LogP contribution in [0.2, 0.25) is 0 Å². The number of amides is 1. The van der Waals surface area contributed by atoms with E-state index in [1.54, 1.807) is 11.3 Å². The fourth-order valence-corrected chi connectivity index (χ4v) is 4.32. The van der Waals surface area contributed by atoms with Gasteiger partial charge in [-0.3, -0.25) is 9.20 Å². The fourth-order valence-electron chi connectivity index (χ4n) is 3.49. The zero-order chi connectivity index (χ0) is 18.1. The molecule has 3 aromatic heterocycles. The summed E-state index contributed by atoms with van der Waals surface area (Å²) in [5.74, 6) is 1.74. The third-order valence-corrected chi connectivity index (χ3v) is 6.07. The van der Waals surface area contributed by atoms with Gasteiger partial charge in [-0.1, -0.05) is 19.9 Å². The van der Waals surface area contributed by atoms with E-state index in [0.29, 0.717) is 18.9 Å². The highest BCUT2D eigenvalue weighted by molar-refractivity contribution is 7.09. The second-order valence-electron chi connectivity index (χ2n) is 7.17. The van der Waals surface area contributed by atoms with Crippen LogP contribution in [0.15, 0.2) is 29.8 Å². The summed E-state index contributed by atoms with van der Waals surface area (Å²) >= 11 is 1.64. The number of aromatic nitrogens is 4. The van der Waals surface area contributed by atoms with Crippen molar-refractivity contribution in [3.8, 4) is 0 Å². The number of hydrogen-bond donors (Lipinski definition) is 0. The zero-order valence-electron chi connectivity index (χ0n) is 15.1. The van der Waals surface area contributed by atoms with Crippen molar-refractivity contribution >= 4 is 22.9 Å². The topological polar surface area (TPSA) is 63.4 Å². The molecule has 0 bridgehead atoms. The van der Waals surface area contributed by atoms with Gasteiger partial charge in [0.25, 0.3) is 0 Å². The Morgan fingerprint density at radius 1 is 1.35 bits per heavy atom. The van der Waals surface area contributed by atoms with Crippen molar-refractivity contribution in [1.82, 2.24) is 24.5 Å². The van der Waals surface area contributed by atoms with E-state index in [1.807, 2.05) is 39.1 Å². The van der Waals surface area contributed by atoms with Crippen LogP contribution >= 0.6 is 11.3 Å². The van der Waals surface area contributed by atoms with Crippen molar-refractivity contribution in [1.29, 1.82) is 0 Å². The Morgan fingerprint density at radius 3 is 3.04 bits per heavy atom. The van der Waals surface area contributed by atoms with E-state index in [2.05, 4.69) is 29.0 Å². The van der Waals surface area contributed by atoms with E-state index in [4.69, 9.17) is 0 Å². The molecule has 4 rings (SSSR count). The van der Waals surface area contributed by atoms with Crippen molar-refractivity contribution < 1.29 is 4.79 Å². The number of likely N-dealkylation sites (tertiary alicyclic amines) is 1. The fraction of sp³-hybridized carbons (Fsp3) is 0.474. The third kappa shape index (κ3) is 3.35. The van der Waals surface area contributed by atoms with Crippen LogP contribution in [0.25, 0.3) is 5.65 Å². The van der Waals surface area contributed by atoms with Gasteiger partial charge < -0.3 is 4.90 Å². The lowest BCUT2D eigenvalue weighted by atomic mass is 9.97. The quantitative estimate of drug-likeness (QED) is 0.708. The predicted octanol–water partition coefficient (Wildman–Crippen LogP) is 3.26. The van der Waals surface area contributed by atoms with Crippen LogP contribution in [0.3, 0.4) is 0 Å². The maximum Gasteiger partial charge on any atom is 0.228 e. The molecule has 0 aromatic carbocycles. The average molecular weight is 369 g/mol. The molecule has 4 heterocycles. The van der Waals surface area contributed by atoms with Crippen LogP contribution in [0.4, 0.5) is 0 Å². The minimum Gasteiger partial charge on any atom is -0.342 e. The summed E-state index contributed by atoms with van der Waals surface area (Å²) in [6, 6.07) is 5.90. The standard InChI is InChI=1S/C19H23N5OS/c1-13(2)19-20-15(12-26-19)10-17(25)23-8-5-6-14(11-23)18-22-21-16-7-3-4-9-24(16)18/h3-4,7,9,12-14H,5-6,8,10-11H2,1-2H3. The molecule has 0 spiro atoms. The molecule has 136 valence electrons. The van der Waals surface area contributed by atoms with Gasteiger partial charge in [-0.05, 0) is 25.0 Å². The van der Waals surface area contributed by atoms with Crippen LogP contribution in [0.5, 0.6) is 0 Å². The number of hydrogen-bond acceptors (Lipinski definition) is 5. The first-order valence-corrected chi connectivity index (χ1v) is 10.0. The second kappa shape index (κ2) is 7.15. The third-order valence-electron chi connectivity index (χ3n) is 4.88. The van der Waals surface area contributed by atoms with Crippen molar-refractivity contribution in [3.63, 3.8) is 0 Å². The number of rotatable bonds is 4. The predicted molar refractivity (Wildman–Crippen MR) is 101 cm³/mol. The molecular weight excluding hydrogens is 346 g/mol. The number of carbonyl (C=O) groups is 1. The van der Waals surface area contributed by atoms with Crippen LogP contribution in [-0.4, -0.2) is 43.5 Å². The van der Waals surface area contributed by atoms with Gasteiger partial charge in [-0.15, -0.1) is 21.5 Å². The monoisotopic (exact) mass is 369 g/mol. The molecule has 6 nitrogen and oxygen atoms in total. The SMILES string of the molecule is CC(C)c1nc(CC(=O)N2CCCC(c3nnc4ccccn34)C2)cs1. The second-order valence-corrected chi connectivity index (χ2v) is 8.06. The van der Waals surface area contributed by atoms with Crippen molar-refractivity contribution in [2.75, 3.05) is 13.1 Å². The average Bonchev–Trinajstić information content (AvgIpc) is 3.29. The van der Waals surface area contributed by atoms with Gasteiger partial charge in [0.1, 0.15) is 5.82 Å². The Labute approximate surface area is 156 Å². The number of thiazole rings is 1. The van der Waals surface area contributed by atoms with Gasteiger partial charge in [-0.2, -0.15) is 0 Å². The van der Waals surface area contributed by atoms with Crippen LogP contribution in [0, 0.1) is 0 Å². The molecule has 7 heteroatoms. The van der Waals surface area contributed by atoms with Gasteiger partial charge in [0, 0.05) is 36.5 Å². The highest BCUT2D eigenvalue weighted by atomic mass is 32.1. The van der Waals surface area contributed by atoms with E-state index in [0.717, 1.165) is 41.6 Å². The van der Waals surface area contributed by atoms with Crippen LogP contribution < -0.4 is 0 Å². The first-order valence-electron chi connectivity index (χ1n) is 9.13. The summed E-state index contributed by atoms with van der Waals surface area (Å²) in [5.41, 5.74) is 1.74. The molecule has 1 aliphatic heterocycles. The summed E-state index contributed by atoms with van der Waals surface area (Å²) in [6.07, 6.45) is 4.41. The van der Waals surface area contributed by atoms with E-state index in [1.165, 1.54) is 0 Å². The molecule has 26 heavy (non-hydrogen) atoms. The van der Waals surface area contributed by atoms with E-state index in [-0.39, 0.29) is 11.8 Å². The smallest absolute Gasteiger partial charge is 0.228 e. The molecule has 1 aliphatic rings. The Bertz CT molecular complexity index is 915. The van der Waals surface area contributed by atoms with Gasteiger partial charge in [0.15, 0.2) is 5.65 Å². The molecule has 1 unspecified atom stereocenters. The normalized spacial score (nSPS) is 18.0. The zero-order valence-corrected chi connectivity index (χ0v) is 15.9. The van der Waals surface area contributed by atoms with Gasteiger partial charge in [-0.25, -0.2) is 4.98 Å². The molecule has 1 amide bonds. The van der Waals surface area contributed by atoms with Crippen LogP contribution in [0.1, 0.15) is 55.1 Å². The molecule has 1 saturated heterocycles. The number of piperidine rings is 1. The Kier molecular flexibility index (Phi) is 4.72. The molecular formula is C19H23N5OS. The first-order chi connectivity index (χ1) is 12.6. The summed E-state index contributed by atoms with van der Waals surface area (Å²) in [6.45, 7) is 5.77. The summed E-state index contributed by atoms with van der Waals surface area (Å²) < 4.78 is 2.04. The number of fused-ring (bicyclic) bond motifs is 1. The van der Waals surface area contributed by atoms with E-state index in [9.17, 15) is 4.79 Å². The lowest BCUT2D eigenvalue weighted by Crippen LogP contribution is -2.40. The molecule has 0 N–H and O–H groups in total. The largest absolute Gasteiger partial charge is 0.342 e. The maximum atomic E-state index is 12.8. The minimum absolute atomic E-state index is 0.157. The number of carbonyl (C=O) groups excluding carboxylic acids is 1. The summed E-state index contributed by atoms with van der Waals surface area (Å²) in [5, 5.41) is 11.7. The first kappa shape index (κ1) is 17.1. The summed E-state index contributed by atoms with van der Waals surface area (Å²) in [4.78, 5) is 19.3.